The summed E-state index contributed by atoms with van der Waals surface area (Å²) in [6, 6.07) is 5.15. The summed E-state index contributed by atoms with van der Waals surface area (Å²) < 4.78 is 5.48. The van der Waals surface area contributed by atoms with Gasteiger partial charge in [0.25, 0.3) is 5.89 Å². The normalized spacial score (nSPS) is 23.5. The Morgan fingerprint density at radius 2 is 2.14 bits per heavy atom. The van der Waals surface area contributed by atoms with Gasteiger partial charge >= 0.3 is 12.0 Å². The molecule has 0 saturated carbocycles. The Morgan fingerprint density at radius 3 is 2.72 bits per heavy atom. The van der Waals surface area contributed by atoms with Crippen LogP contribution >= 0.6 is 0 Å². The van der Waals surface area contributed by atoms with E-state index < -0.39 is 6.09 Å². The Bertz CT molecular complexity index is 927. The van der Waals surface area contributed by atoms with E-state index in [4.69, 9.17) is 10.3 Å². The van der Waals surface area contributed by atoms with Crippen LogP contribution in [0, 0.1) is 0 Å². The van der Waals surface area contributed by atoms with Gasteiger partial charge in [-0.2, -0.15) is 4.98 Å². The van der Waals surface area contributed by atoms with Crippen LogP contribution in [0.2, 0.25) is 0 Å². The largest absolute Gasteiger partial charge is 0.465 e. The summed E-state index contributed by atoms with van der Waals surface area (Å²) in [5.41, 5.74) is 7.83. The van der Waals surface area contributed by atoms with Gasteiger partial charge in [0, 0.05) is 36.6 Å². The molecule has 3 atom stereocenters. The maximum atomic E-state index is 12.6. The fourth-order valence-corrected chi connectivity index (χ4v) is 4.14. The summed E-state index contributed by atoms with van der Waals surface area (Å²) in [7, 11) is 1.88. The first-order valence-corrected chi connectivity index (χ1v) is 9.78. The van der Waals surface area contributed by atoms with Gasteiger partial charge in [-0.05, 0) is 32.5 Å². The van der Waals surface area contributed by atoms with Crippen LogP contribution in [0.4, 0.5) is 10.5 Å². The van der Waals surface area contributed by atoms with E-state index >= 15 is 0 Å². The standard InChI is InChI=1S/C20H27N5O4/c1-5-24(20(27)28)16-10-12(2)25(4,13(3)26)17-7-6-14(11-15(16)17)19-22-18(8-9-21)23-29-19/h6-7,11-12,16H,5,8-10,21H2,1-4H3/p+1/t12-,16+,25?/m0/s1. The molecule has 0 spiro atoms. The minimum Gasteiger partial charge on any atom is -0.465 e. The van der Waals surface area contributed by atoms with Gasteiger partial charge in [-0.3, -0.25) is 0 Å². The highest BCUT2D eigenvalue weighted by atomic mass is 16.5. The zero-order valence-corrected chi connectivity index (χ0v) is 17.3. The number of carboxylic acid groups (broad SMARTS) is 1. The van der Waals surface area contributed by atoms with Crippen molar-refractivity contribution >= 4 is 17.7 Å². The minimum absolute atomic E-state index is 0.00588. The van der Waals surface area contributed by atoms with E-state index in [1.165, 1.54) is 4.90 Å². The first kappa shape index (κ1) is 20.9. The molecule has 0 saturated heterocycles. The lowest BCUT2D eigenvalue weighted by molar-refractivity contribution is -0.129. The van der Waals surface area contributed by atoms with Gasteiger partial charge in [0.05, 0.1) is 26.1 Å². The third kappa shape index (κ3) is 3.51. The molecule has 9 nitrogen and oxygen atoms in total. The highest BCUT2D eigenvalue weighted by Crippen LogP contribution is 2.45. The second kappa shape index (κ2) is 7.92. The molecule has 1 aromatic heterocycles. The van der Waals surface area contributed by atoms with Crippen LogP contribution in [0.5, 0.6) is 0 Å². The first-order valence-electron chi connectivity index (χ1n) is 9.78. The Labute approximate surface area is 169 Å². The van der Waals surface area contributed by atoms with E-state index in [-0.39, 0.29) is 22.5 Å². The van der Waals surface area contributed by atoms with Gasteiger partial charge < -0.3 is 20.3 Å². The van der Waals surface area contributed by atoms with Crippen LogP contribution < -0.4 is 10.2 Å². The molecular formula is C20H28N5O4+. The van der Waals surface area contributed by atoms with Crippen molar-refractivity contribution in [2.24, 2.45) is 5.73 Å². The smallest absolute Gasteiger partial charge is 0.407 e. The first-order chi connectivity index (χ1) is 13.7. The van der Waals surface area contributed by atoms with Crippen LogP contribution in [0.1, 0.15) is 44.6 Å². The van der Waals surface area contributed by atoms with Crippen LogP contribution in [-0.4, -0.2) is 58.3 Å². The van der Waals surface area contributed by atoms with Gasteiger partial charge in [0.15, 0.2) is 5.82 Å². The third-order valence-electron chi connectivity index (χ3n) is 6.03. The quantitative estimate of drug-likeness (QED) is 0.737. The molecule has 0 aliphatic carbocycles. The topological polar surface area (TPSA) is 123 Å². The fourth-order valence-electron chi connectivity index (χ4n) is 4.14. The van der Waals surface area contributed by atoms with E-state index in [9.17, 15) is 14.7 Å². The molecule has 2 amide bonds. The van der Waals surface area contributed by atoms with Crippen molar-refractivity contribution in [2.75, 3.05) is 20.1 Å². The summed E-state index contributed by atoms with van der Waals surface area (Å²) in [5, 5.41) is 13.7. The number of carbonyl (C=O) groups is 2. The average Bonchev–Trinajstić information content (AvgIpc) is 3.14. The lowest BCUT2D eigenvalue weighted by atomic mass is 9.87. The molecule has 1 unspecified atom stereocenters. The van der Waals surface area contributed by atoms with E-state index in [2.05, 4.69) is 10.1 Å². The lowest BCUT2D eigenvalue weighted by Gasteiger charge is -2.45. The molecule has 3 rings (SSSR count). The van der Waals surface area contributed by atoms with Gasteiger partial charge in [-0.15, -0.1) is 0 Å². The Kier molecular flexibility index (Phi) is 5.72. The van der Waals surface area contributed by atoms with Gasteiger partial charge in [0.1, 0.15) is 5.69 Å². The molecule has 1 aliphatic rings. The number of hydrogen-bond donors (Lipinski definition) is 2. The summed E-state index contributed by atoms with van der Waals surface area (Å²) >= 11 is 0. The SMILES string of the molecule is CCN(C(=O)O)[C@@H]1C[C@H](C)[N+](C)(C(C)=O)c2ccc(-c3nc(CCN)no3)cc21. The highest BCUT2D eigenvalue weighted by Gasteiger charge is 2.47. The molecule has 156 valence electrons. The number of benzene rings is 1. The number of nitrogens with two attached hydrogens (primary N) is 1. The van der Waals surface area contributed by atoms with Crippen molar-refractivity contribution in [1.29, 1.82) is 0 Å². The predicted octanol–water partition coefficient (Wildman–Crippen LogP) is 2.55. The van der Waals surface area contributed by atoms with Gasteiger partial charge in [0.2, 0.25) is 0 Å². The number of hydrogen-bond acceptors (Lipinski definition) is 6. The molecule has 29 heavy (non-hydrogen) atoms. The van der Waals surface area contributed by atoms with Crippen molar-refractivity contribution < 1.29 is 19.2 Å². The minimum atomic E-state index is -0.983. The van der Waals surface area contributed by atoms with Crippen molar-refractivity contribution in [1.82, 2.24) is 19.5 Å². The second-order valence-electron chi connectivity index (χ2n) is 7.59. The number of amides is 2. The number of rotatable bonds is 5. The Balaban J connectivity index is 2.16. The zero-order chi connectivity index (χ0) is 21.3. The molecule has 3 N–H and O–H groups in total. The zero-order valence-electron chi connectivity index (χ0n) is 17.3. The molecule has 0 fully saturated rings. The van der Waals surface area contributed by atoms with E-state index in [1.807, 2.05) is 39.1 Å². The fraction of sp³-hybridized carbons (Fsp3) is 0.500. The lowest BCUT2D eigenvalue weighted by Crippen LogP contribution is -2.60. The van der Waals surface area contributed by atoms with Crippen LogP contribution in [-0.2, 0) is 11.2 Å². The molecule has 1 aromatic carbocycles. The Hall–Kier alpha value is -2.78. The van der Waals surface area contributed by atoms with Crippen molar-refractivity contribution in [3.8, 4) is 11.5 Å². The van der Waals surface area contributed by atoms with Crippen molar-refractivity contribution in [3.63, 3.8) is 0 Å². The molecule has 2 heterocycles. The third-order valence-corrected chi connectivity index (χ3v) is 6.03. The molecule has 2 aromatic rings. The Morgan fingerprint density at radius 1 is 1.41 bits per heavy atom. The number of quaternary nitrogens is 1. The van der Waals surface area contributed by atoms with E-state index in [0.717, 1.165) is 11.3 Å². The van der Waals surface area contributed by atoms with Gasteiger partial charge in [-0.25, -0.2) is 14.1 Å². The van der Waals surface area contributed by atoms with E-state index in [0.29, 0.717) is 43.2 Å². The van der Waals surface area contributed by atoms with Crippen LogP contribution in [0.25, 0.3) is 11.5 Å². The van der Waals surface area contributed by atoms with Crippen LogP contribution in [0.15, 0.2) is 22.7 Å². The van der Waals surface area contributed by atoms with E-state index in [1.54, 1.807) is 6.92 Å². The van der Waals surface area contributed by atoms with Gasteiger partial charge in [-0.1, -0.05) is 5.16 Å². The van der Waals surface area contributed by atoms with Crippen molar-refractivity contribution in [2.45, 2.75) is 45.7 Å². The molecule has 1 aliphatic heterocycles. The number of aromatic nitrogens is 2. The summed E-state index contributed by atoms with van der Waals surface area (Å²) in [6.45, 7) is 6.13. The number of carbonyl (C=O) groups excluding carboxylic acids is 1. The second-order valence-corrected chi connectivity index (χ2v) is 7.59. The maximum Gasteiger partial charge on any atom is 0.407 e. The van der Waals surface area contributed by atoms with Crippen LogP contribution in [0.3, 0.4) is 0 Å². The number of nitrogens with zero attached hydrogens (tertiary/aromatic N) is 4. The average molecular weight is 402 g/mol. The predicted molar refractivity (Wildman–Crippen MR) is 108 cm³/mol. The number of fused-ring (bicyclic) bond motifs is 1. The summed E-state index contributed by atoms with van der Waals surface area (Å²) in [6.07, 6.45) is 0.0637. The molecule has 9 heteroatoms. The summed E-state index contributed by atoms with van der Waals surface area (Å²) in [5.74, 6) is 0.880. The van der Waals surface area contributed by atoms with Crippen molar-refractivity contribution in [3.05, 3.63) is 29.6 Å². The maximum absolute atomic E-state index is 12.6. The molecule has 0 radical (unpaired) electrons. The monoisotopic (exact) mass is 402 g/mol. The summed E-state index contributed by atoms with van der Waals surface area (Å²) in [4.78, 5) is 30.3. The highest BCUT2D eigenvalue weighted by molar-refractivity contribution is 5.89. The molecular weight excluding hydrogens is 374 g/mol. The molecule has 0 bridgehead atoms.